The standard InChI is InChI=1S/C21H24N4O3S/c1-23(2)15-7-5-14(6-8-15)20(27)24-9-10-25-18(13-24)19(26)22-17(21(25)28)12-16-4-3-11-29-16/h3-8,11,17-18H,9-10,12-13H2,1-2H3,(H,22,26). The van der Waals surface area contributed by atoms with Gasteiger partial charge in [0, 0.05) is 49.7 Å². The molecule has 2 aromatic rings. The van der Waals surface area contributed by atoms with Gasteiger partial charge in [-0.25, -0.2) is 0 Å². The molecule has 0 radical (unpaired) electrons. The number of amides is 3. The van der Waals surface area contributed by atoms with Gasteiger partial charge in [-0.2, -0.15) is 0 Å². The first-order chi connectivity index (χ1) is 13.9. The van der Waals surface area contributed by atoms with Gasteiger partial charge in [-0.3, -0.25) is 14.4 Å². The smallest absolute Gasteiger partial charge is 0.254 e. The maximum atomic E-state index is 12.9. The molecular weight excluding hydrogens is 388 g/mol. The molecule has 4 rings (SSSR count). The molecule has 29 heavy (non-hydrogen) atoms. The van der Waals surface area contributed by atoms with Crippen molar-refractivity contribution in [1.29, 1.82) is 0 Å². The minimum absolute atomic E-state index is 0.0644. The third-order valence-corrected chi connectivity index (χ3v) is 6.38. The summed E-state index contributed by atoms with van der Waals surface area (Å²) in [6.45, 7) is 1.02. The summed E-state index contributed by atoms with van der Waals surface area (Å²) in [4.78, 5) is 44.8. The van der Waals surface area contributed by atoms with Crippen LogP contribution in [0.2, 0.25) is 0 Å². The molecule has 2 aliphatic heterocycles. The lowest BCUT2D eigenvalue weighted by atomic mass is 10.0. The SMILES string of the molecule is CN(C)c1ccc(C(=O)N2CCN3C(=O)C(Cc4cccs4)NC(=O)C3C2)cc1. The molecule has 2 unspecified atom stereocenters. The molecule has 7 nitrogen and oxygen atoms in total. The van der Waals surface area contributed by atoms with Crippen LogP contribution in [-0.2, 0) is 16.0 Å². The highest BCUT2D eigenvalue weighted by Crippen LogP contribution is 2.21. The lowest BCUT2D eigenvalue weighted by Gasteiger charge is -2.45. The van der Waals surface area contributed by atoms with Crippen LogP contribution >= 0.6 is 11.3 Å². The molecule has 1 aromatic carbocycles. The number of hydrogen-bond acceptors (Lipinski definition) is 5. The van der Waals surface area contributed by atoms with Crippen LogP contribution in [0.25, 0.3) is 0 Å². The normalized spacial score (nSPS) is 21.6. The van der Waals surface area contributed by atoms with Crippen LogP contribution in [0.4, 0.5) is 5.69 Å². The summed E-state index contributed by atoms with van der Waals surface area (Å²) in [5, 5.41) is 4.82. The summed E-state index contributed by atoms with van der Waals surface area (Å²) >= 11 is 1.58. The number of piperazine rings is 2. The first-order valence-corrected chi connectivity index (χ1v) is 10.5. The van der Waals surface area contributed by atoms with Crippen molar-refractivity contribution in [3.05, 3.63) is 52.2 Å². The topological polar surface area (TPSA) is 73.0 Å². The van der Waals surface area contributed by atoms with E-state index in [1.165, 1.54) is 0 Å². The zero-order chi connectivity index (χ0) is 20.5. The Morgan fingerprint density at radius 1 is 1.17 bits per heavy atom. The summed E-state index contributed by atoms with van der Waals surface area (Å²) in [5.74, 6) is -0.368. The van der Waals surface area contributed by atoms with Crippen molar-refractivity contribution >= 4 is 34.7 Å². The molecule has 3 amide bonds. The Kier molecular flexibility index (Phi) is 5.27. The Morgan fingerprint density at radius 2 is 1.93 bits per heavy atom. The molecule has 1 aromatic heterocycles. The lowest BCUT2D eigenvalue weighted by Crippen LogP contribution is -2.70. The number of carbonyl (C=O) groups excluding carboxylic acids is 3. The van der Waals surface area contributed by atoms with Crippen LogP contribution in [0.5, 0.6) is 0 Å². The Bertz CT molecular complexity index is 911. The van der Waals surface area contributed by atoms with E-state index in [-0.39, 0.29) is 24.3 Å². The van der Waals surface area contributed by atoms with E-state index in [0.29, 0.717) is 25.1 Å². The van der Waals surface area contributed by atoms with Gasteiger partial charge in [-0.15, -0.1) is 11.3 Å². The van der Waals surface area contributed by atoms with E-state index >= 15 is 0 Å². The van der Waals surface area contributed by atoms with Crippen LogP contribution in [-0.4, -0.2) is 73.3 Å². The van der Waals surface area contributed by atoms with Gasteiger partial charge in [-0.1, -0.05) is 6.07 Å². The molecule has 0 saturated carbocycles. The summed E-state index contributed by atoms with van der Waals surface area (Å²) in [6, 6.07) is 10.1. The predicted octanol–water partition coefficient (Wildman–Crippen LogP) is 1.21. The molecule has 0 aliphatic carbocycles. The molecule has 0 bridgehead atoms. The first kappa shape index (κ1) is 19.4. The molecule has 2 atom stereocenters. The Morgan fingerprint density at radius 3 is 2.59 bits per heavy atom. The molecule has 1 N–H and O–H groups in total. The molecule has 3 heterocycles. The third-order valence-electron chi connectivity index (χ3n) is 5.48. The van der Waals surface area contributed by atoms with Crippen molar-refractivity contribution in [3.63, 3.8) is 0 Å². The number of thiophene rings is 1. The van der Waals surface area contributed by atoms with Gasteiger partial charge in [0.2, 0.25) is 11.8 Å². The quantitative estimate of drug-likeness (QED) is 0.819. The van der Waals surface area contributed by atoms with E-state index in [2.05, 4.69) is 5.32 Å². The third kappa shape index (κ3) is 3.85. The number of carbonyl (C=O) groups is 3. The van der Waals surface area contributed by atoms with Gasteiger partial charge in [0.15, 0.2) is 0 Å². The highest BCUT2D eigenvalue weighted by molar-refractivity contribution is 7.09. The van der Waals surface area contributed by atoms with Crippen molar-refractivity contribution in [2.45, 2.75) is 18.5 Å². The van der Waals surface area contributed by atoms with Crippen LogP contribution in [0.15, 0.2) is 41.8 Å². The Hall–Kier alpha value is -2.87. The molecule has 0 spiro atoms. The van der Waals surface area contributed by atoms with E-state index in [9.17, 15) is 14.4 Å². The Balaban J connectivity index is 1.44. The number of nitrogens with zero attached hydrogens (tertiary/aromatic N) is 3. The summed E-state index contributed by atoms with van der Waals surface area (Å²) in [7, 11) is 3.89. The highest BCUT2D eigenvalue weighted by atomic mass is 32.1. The van der Waals surface area contributed by atoms with E-state index in [0.717, 1.165) is 10.6 Å². The second kappa shape index (κ2) is 7.87. The Labute approximate surface area is 173 Å². The minimum Gasteiger partial charge on any atom is -0.378 e. The average Bonchev–Trinajstić information content (AvgIpc) is 3.24. The number of benzene rings is 1. The molecule has 2 aliphatic rings. The maximum absolute atomic E-state index is 12.9. The van der Waals surface area contributed by atoms with E-state index in [4.69, 9.17) is 0 Å². The van der Waals surface area contributed by atoms with Gasteiger partial charge in [0.05, 0.1) is 6.54 Å². The minimum atomic E-state index is -0.624. The fraction of sp³-hybridized carbons (Fsp3) is 0.381. The molecule has 2 fully saturated rings. The number of anilines is 1. The lowest BCUT2D eigenvalue weighted by molar-refractivity contribution is -0.152. The summed E-state index contributed by atoms with van der Waals surface area (Å²) < 4.78 is 0. The number of hydrogen-bond donors (Lipinski definition) is 1. The zero-order valence-electron chi connectivity index (χ0n) is 16.5. The van der Waals surface area contributed by atoms with Gasteiger partial charge >= 0.3 is 0 Å². The fourth-order valence-electron chi connectivity index (χ4n) is 3.84. The second-order valence-corrected chi connectivity index (χ2v) is 8.62. The van der Waals surface area contributed by atoms with Gasteiger partial charge in [0.25, 0.3) is 5.91 Å². The number of rotatable bonds is 4. The zero-order valence-corrected chi connectivity index (χ0v) is 17.3. The van der Waals surface area contributed by atoms with E-state index in [1.807, 2.05) is 48.6 Å². The van der Waals surface area contributed by atoms with Crippen LogP contribution in [0, 0.1) is 0 Å². The average molecular weight is 413 g/mol. The fourth-order valence-corrected chi connectivity index (χ4v) is 4.59. The molecule has 8 heteroatoms. The van der Waals surface area contributed by atoms with Crippen molar-refractivity contribution in [3.8, 4) is 0 Å². The van der Waals surface area contributed by atoms with E-state index < -0.39 is 12.1 Å². The van der Waals surface area contributed by atoms with Gasteiger partial charge in [-0.05, 0) is 35.7 Å². The second-order valence-electron chi connectivity index (χ2n) is 7.58. The van der Waals surface area contributed by atoms with Gasteiger partial charge in [0.1, 0.15) is 12.1 Å². The number of fused-ring (bicyclic) bond motifs is 1. The largest absolute Gasteiger partial charge is 0.378 e. The molecule has 152 valence electrons. The van der Waals surface area contributed by atoms with E-state index in [1.54, 1.807) is 33.3 Å². The molecular formula is C21H24N4O3S. The monoisotopic (exact) mass is 412 g/mol. The van der Waals surface area contributed by atoms with Crippen molar-refractivity contribution in [1.82, 2.24) is 15.1 Å². The maximum Gasteiger partial charge on any atom is 0.254 e. The van der Waals surface area contributed by atoms with Crippen molar-refractivity contribution in [2.75, 3.05) is 38.6 Å². The summed E-state index contributed by atoms with van der Waals surface area (Å²) in [6.07, 6.45) is 0.506. The summed E-state index contributed by atoms with van der Waals surface area (Å²) in [5.41, 5.74) is 1.60. The van der Waals surface area contributed by atoms with Crippen molar-refractivity contribution in [2.24, 2.45) is 0 Å². The van der Waals surface area contributed by atoms with Crippen LogP contribution in [0.3, 0.4) is 0 Å². The van der Waals surface area contributed by atoms with Crippen LogP contribution < -0.4 is 10.2 Å². The highest BCUT2D eigenvalue weighted by Gasteiger charge is 2.44. The van der Waals surface area contributed by atoms with Crippen LogP contribution in [0.1, 0.15) is 15.2 Å². The number of nitrogens with one attached hydrogen (secondary N) is 1. The van der Waals surface area contributed by atoms with Gasteiger partial charge < -0.3 is 20.0 Å². The predicted molar refractivity (Wildman–Crippen MR) is 112 cm³/mol. The first-order valence-electron chi connectivity index (χ1n) is 9.64. The van der Waals surface area contributed by atoms with Crippen molar-refractivity contribution < 1.29 is 14.4 Å². The molecule has 2 saturated heterocycles.